The zero-order valence-electron chi connectivity index (χ0n) is 14.4. The molecule has 0 aliphatic rings. The number of sulfonamides is 1. The SMILES string of the molecule is CC(O)CC(C)CNc1ccc(S(=O)(=O)Nc2ccc(F)c(F)c2)cn1. The number of pyridine rings is 1. The summed E-state index contributed by atoms with van der Waals surface area (Å²) in [4.78, 5) is 3.94. The molecule has 6 nitrogen and oxygen atoms in total. The molecule has 0 saturated carbocycles. The van der Waals surface area contributed by atoms with E-state index < -0.39 is 27.8 Å². The highest BCUT2D eigenvalue weighted by Gasteiger charge is 2.16. The molecule has 2 aromatic rings. The Morgan fingerprint density at radius 3 is 2.46 bits per heavy atom. The second kappa shape index (κ2) is 8.41. The summed E-state index contributed by atoms with van der Waals surface area (Å²) in [6, 6.07) is 5.60. The molecule has 0 fully saturated rings. The summed E-state index contributed by atoms with van der Waals surface area (Å²) in [6.07, 6.45) is 1.41. The number of aliphatic hydroxyl groups excluding tert-OH is 1. The van der Waals surface area contributed by atoms with Gasteiger partial charge in [0.25, 0.3) is 10.0 Å². The molecule has 0 spiro atoms. The lowest BCUT2D eigenvalue weighted by molar-refractivity contribution is 0.166. The summed E-state index contributed by atoms with van der Waals surface area (Å²) in [6.45, 7) is 4.27. The number of aromatic nitrogens is 1. The smallest absolute Gasteiger partial charge is 0.263 e. The molecule has 3 N–H and O–H groups in total. The Morgan fingerprint density at radius 2 is 1.88 bits per heavy atom. The Balaban J connectivity index is 2.02. The van der Waals surface area contributed by atoms with Gasteiger partial charge in [0.15, 0.2) is 11.6 Å². The maximum absolute atomic E-state index is 13.2. The molecule has 1 heterocycles. The topological polar surface area (TPSA) is 91.3 Å². The fourth-order valence-corrected chi connectivity index (χ4v) is 3.36. The first kappa shape index (κ1) is 20.1. The molecule has 0 aliphatic carbocycles. The molecule has 0 amide bonds. The number of benzene rings is 1. The van der Waals surface area contributed by atoms with Crippen LogP contribution in [0, 0.1) is 17.6 Å². The van der Waals surface area contributed by atoms with Gasteiger partial charge in [0.05, 0.1) is 11.8 Å². The fraction of sp³-hybridized carbons (Fsp3) is 0.353. The van der Waals surface area contributed by atoms with Crippen molar-refractivity contribution >= 4 is 21.5 Å². The predicted octanol–water partition coefficient (Wildman–Crippen LogP) is 2.98. The van der Waals surface area contributed by atoms with Gasteiger partial charge in [-0.3, -0.25) is 4.72 Å². The van der Waals surface area contributed by atoms with E-state index in [-0.39, 0.29) is 16.5 Å². The van der Waals surface area contributed by atoms with Crippen molar-refractivity contribution in [3.8, 4) is 0 Å². The molecular weight excluding hydrogens is 364 g/mol. The van der Waals surface area contributed by atoms with Crippen LogP contribution in [0.25, 0.3) is 0 Å². The van der Waals surface area contributed by atoms with Crippen LogP contribution < -0.4 is 10.0 Å². The molecule has 2 atom stereocenters. The van der Waals surface area contributed by atoms with E-state index in [1.165, 1.54) is 18.3 Å². The lowest BCUT2D eigenvalue weighted by Gasteiger charge is -2.14. The third-order valence-corrected chi connectivity index (χ3v) is 4.96. The molecule has 0 radical (unpaired) electrons. The Morgan fingerprint density at radius 1 is 1.15 bits per heavy atom. The largest absolute Gasteiger partial charge is 0.393 e. The van der Waals surface area contributed by atoms with E-state index in [1.807, 2.05) is 6.92 Å². The van der Waals surface area contributed by atoms with E-state index >= 15 is 0 Å². The molecule has 0 bridgehead atoms. The number of hydrogen-bond donors (Lipinski definition) is 3. The zero-order valence-corrected chi connectivity index (χ0v) is 15.2. The average Bonchev–Trinajstić information content (AvgIpc) is 2.56. The molecule has 1 aromatic heterocycles. The van der Waals surface area contributed by atoms with Crippen molar-refractivity contribution in [3.05, 3.63) is 48.2 Å². The number of hydrogen-bond acceptors (Lipinski definition) is 5. The van der Waals surface area contributed by atoms with Crippen molar-refractivity contribution in [1.82, 2.24) is 4.98 Å². The van der Waals surface area contributed by atoms with Crippen LogP contribution in [0.15, 0.2) is 41.4 Å². The standard InChI is InChI=1S/C17H21F2N3O3S/c1-11(7-12(2)23)9-20-17-6-4-14(10-21-17)26(24,25)22-13-3-5-15(18)16(19)8-13/h3-6,8,10-12,22-23H,7,9H2,1-2H3,(H,20,21). The highest BCUT2D eigenvalue weighted by molar-refractivity contribution is 7.92. The minimum absolute atomic E-state index is 0.0851. The van der Waals surface area contributed by atoms with Gasteiger partial charge in [0.1, 0.15) is 10.7 Å². The summed E-state index contributed by atoms with van der Waals surface area (Å²) in [7, 11) is -3.97. The predicted molar refractivity (Wildman–Crippen MR) is 95.4 cm³/mol. The van der Waals surface area contributed by atoms with Crippen molar-refractivity contribution < 1.29 is 22.3 Å². The summed E-state index contributed by atoms with van der Waals surface area (Å²) >= 11 is 0. The van der Waals surface area contributed by atoms with Gasteiger partial charge in [-0.2, -0.15) is 0 Å². The van der Waals surface area contributed by atoms with Gasteiger partial charge < -0.3 is 10.4 Å². The monoisotopic (exact) mass is 385 g/mol. The molecule has 142 valence electrons. The minimum atomic E-state index is -3.97. The molecule has 2 rings (SSSR count). The van der Waals surface area contributed by atoms with E-state index in [2.05, 4.69) is 15.0 Å². The summed E-state index contributed by atoms with van der Waals surface area (Å²) in [5, 5.41) is 12.4. The number of nitrogens with one attached hydrogen (secondary N) is 2. The molecule has 9 heteroatoms. The summed E-state index contributed by atoms with van der Waals surface area (Å²) in [5.74, 6) is -1.49. The van der Waals surface area contributed by atoms with Crippen LogP contribution in [0.3, 0.4) is 0 Å². The molecule has 1 aromatic carbocycles. The number of aliphatic hydroxyl groups is 1. The van der Waals surface area contributed by atoms with Crippen LogP contribution in [0.4, 0.5) is 20.3 Å². The van der Waals surface area contributed by atoms with Gasteiger partial charge in [-0.05, 0) is 43.5 Å². The van der Waals surface area contributed by atoms with Crippen molar-refractivity contribution in [2.24, 2.45) is 5.92 Å². The third kappa shape index (κ3) is 5.63. The van der Waals surface area contributed by atoms with Gasteiger partial charge in [-0.1, -0.05) is 6.92 Å². The van der Waals surface area contributed by atoms with Crippen molar-refractivity contribution in [1.29, 1.82) is 0 Å². The maximum Gasteiger partial charge on any atom is 0.263 e. The molecule has 26 heavy (non-hydrogen) atoms. The molecule has 0 aliphatic heterocycles. The van der Waals surface area contributed by atoms with Crippen LogP contribution in [-0.4, -0.2) is 31.2 Å². The zero-order chi connectivity index (χ0) is 19.3. The molecular formula is C17H21F2N3O3S. The Kier molecular flexibility index (Phi) is 6.49. The Hall–Kier alpha value is -2.26. The molecule has 0 saturated heterocycles. The van der Waals surface area contributed by atoms with E-state index in [1.54, 1.807) is 6.92 Å². The van der Waals surface area contributed by atoms with Crippen LogP contribution in [0.2, 0.25) is 0 Å². The Labute approximate surface area is 151 Å². The second-order valence-electron chi connectivity index (χ2n) is 6.18. The van der Waals surface area contributed by atoms with Gasteiger partial charge in [0, 0.05) is 18.8 Å². The van der Waals surface area contributed by atoms with E-state index in [0.29, 0.717) is 18.8 Å². The number of halogens is 2. The number of rotatable bonds is 8. The van der Waals surface area contributed by atoms with Crippen LogP contribution in [-0.2, 0) is 10.0 Å². The van der Waals surface area contributed by atoms with Crippen LogP contribution in [0.5, 0.6) is 0 Å². The van der Waals surface area contributed by atoms with Gasteiger partial charge in [-0.15, -0.1) is 0 Å². The molecule has 2 unspecified atom stereocenters. The van der Waals surface area contributed by atoms with E-state index in [0.717, 1.165) is 18.2 Å². The normalized spacial score (nSPS) is 13.9. The summed E-state index contributed by atoms with van der Waals surface area (Å²) < 4.78 is 52.8. The van der Waals surface area contributed by atoms with Gasteiger partial charge in [-0.25, -0.2) is 22.2 Å². The lowest BCUT2D eigenvalue weighted by atomic mass is 10.1. The first-order valence-electron chi connectivity index (χ1n) is 8.03. The van der Waals surface area contributed by atoms with E-state index in [9.17, 15) is 22.3 Å². The average molecular weight is 385 g/mol. The number of anilines is 2. The highest BCUT2D eigenvalue weighted by atomic mass is 32.2. The lowest BCUT2D eigenvalue weighted by Crippen LogP contribution is -2.17. The summed E-state index contributed by atoms with van der Waals surface area (Å²) in [5.41, 5.74) is -0.0851. The van der Waals surface area contributed by atoms with Crippen LogP contribution in [0.1, 0.15) is 20.3 Å². The fourth-order valence-electron chi connectivity index (χ4n) is 2.36. The van der Waals surface area contributed by atoms with Crippen molar-refractivity contribution in [3.63, 3.8) is 0 Å². The second-order valence-corrected chi connectivity index (χ2v) is 7.87. The first-order chi connectivity index (χ1) is 12.2. The quantitative estimate of drug-likeness (QED) is 0.650. The Bertz CT molecular complexity index is 843. The van der Waals surface area contributed by atoms with Crippen molar-refractivity contribution in [2.45, 2.75) is 31.3 Å². The highest BCUT2D eigenvalue weighted by Crippen LogP contribution is 2.19. The number of nitrogens with zero attached hydrogens (tertiary/aromatic N) is 1. The first-order valence-corrected chi connectivity index (χ1v) is 9.51. The van der Waals surface area contributed by atoms with E-state index in [4.69, 9.17) is 0 Å². The third-order valence-electron chi connectivity index (χ3n) is 3.59. The van der Waals surface area contributed by atoms with Crippen LogP contribution >= 0.6 is 0 Å². The maximum atomic E-state index is 13.2. The van der Waals surface area contributed by atoms with Crippen molar-refractivity contribution in [2.75, 3.05) is 16.6 Å². The van der Waals surface area contributed by atoms with Gasteiger partial charge >= 0.3 is 0 Å². The minimum Gasteiger partial charge on any atom is -0.393 e. The van der Waals surface area contributed by atoms with Gasteiger partial charge in [0.2, 0.25) is 0 Å².